The number of rotatable bonds is 5. The molecule has 110 valence electrons. The Morgan fingerprint density at radius 2 is 1.95 bits per heavy atom. The van der Waals surface area contributed by atoms with Crippen molar-refractivity contribution < 1.29 is 9.53 Å². The number of amides is 1. The third-order valence-electron chi connectivity index (χ3n) is 2.71. The molecule has 0 heterocycles. The quantitative estimate of drug-likeness (QED) is 0.817. The van der Waals surface area contributed by atoms with Gasteiger partial charge in [-0.2, -0.15) is 0 Å². The number of ether oxygens (including phenoxy) is 1. The van der Waals surface area contributed by atoms with Crippen LogP contribution in [0.4, 0.5) is 11.4 Å². The largest absolute Gasteiger partial charge is 0.491 e. The molecule has 2 rings (SSSR count). The number of nitrogens with one attached hydrogen (secondary N) is 1. The summed E-state index contributed by atoms with van der Waals surface area (Å²) in [6, 6.07) is 12.0. The second kappa shape index (κ2) is 7.20. The average molecular weight is 325 g/mol. The fourth-order valence-electron chi connectivity index (χ4n) is 1.68. The van der Waals surface area contributed by atoms with Gasteiger partial charge in [0.15, 0.2) is 0 Å². The minimum absolute atomic E-state index is 0.188. The van der Waals surface area contributed by atoms with E-state index in [4.69, 9.17) is 33.7 Å². The van der Waals surface area contributed by atoms with Crippen LogP contribution in [-0.2, 0) is 4.79 Å². The second-order valence-electron chi connectivity index (χ2n) is 4.31. The number of para-hydroxylation sites is 1. The molecule has 6 heteroatoms. The molecule has 0 fully saturated rings. The highest BCUT2D eigenvalue weighted by Gasteiger charge is 2.07. The Hall–Kier alpha value is -1.91. The Morgan fingerprint density at radius 3 is 2.67 bits per heavy atom. The zero-order valence-corrected chi connectivity index (χ0v) is 12.6. The lowest BCUT2D eigenvalue weighted by Crippen LogP contribution is -2.16. The van der Waals surface area contributed by atoms with E-state index in [2.05, 4.69) is 5.32 Å². The van der Waals surface area contributed by atoms with Crippen molar-refractivity contribution in [2.75, 3.05) is 17.7 Å². The van der Waals surface area contributed by atoms with Crippen molar-refractivity contribution >= 4 is 40.5 Å². The van der Waals surface area contributed by atoms with Crippen LogP contribution in [-0.4, -0.2) is 12.5 Å². The van der Waals surface area contributed by atoms with E-state index in [1.807, 2.05) is 12.1 Å². The Kier molecular flexibility index (Phi) is 5.31. The summed E-state index contributed by atoms with van der Waals surface area (Å²) < 4.78 is 5.45. The number of hydrogen-bond acceptors (Lipinski definition) is 3. The van der Waals surface area contributed by atoms with E-state index in [1.54, 1.807) is 30.3 Å². The molecule has 2 aromatic carbocycles. The molecule has 0 atom stereocenters. The van der Waals surface area contributed by atoms with E-state index in [9.17, 15) is 4.79 Å². The van der Waals surface area contributed by atoms with Gasteiger partial charge in [0.1, 0.15) is 5.75 Å². The molecule has 3 N–H and O–H groups in total. The number of benzene rings is 2. The maximum atomic E-state index is 11.8. The minimum Gasteiger partial charge on any atom is -0.491 e. The van der Waals surface area contributed by atoms with Crippen molar-refractivity contribution in [2.24, 2.45) is 0 Å². The molecule has 0 aliphatic rings. The van der Waals surface area contributed by atoms with Gasteiger partial charge in [-0.25, -0.2) is 0 Å². The number of anilines is 2. The Labute approximate surface area is 132 Å². The summed E-state index contributed by atoms with van der Waals surface area (Å²) in [6.45, 7) is 0.225. The molecule has 0 saturated heterocycles. The lowest BCUT2D eigenvalue weighted by molar-refractivity contribution is -0.116. The molecule has 0 aliphatic heterocycles. The summed E-state index contributed by atoms with van der Waals surface area (Å²) >= 11 is 11.7. The van der Waals surface area contributed by atoms with Crippen molar-refractivity contribution in [1.82, 2.24) is 0 Å². The highest BCUT2D eigenvalue weighted by atomic mass is 35.5. The first-order valence-corrected chi connectivity index (χ1v) is 7.04. The van der Waals surface area contributed by atoms with Gasteiger partial charge in [-0.05, 0) is 30.3 Å². The highest BCUT2D eigenvalue weighted by molar-refractivity contribution is 6.32. The van der Waals surface area contributed by atoms with Crippen LogP contribution in [0.1, 0.15) is 6.42 Å². The van der Waals surface area contributed by atoms with Crippen molar-refractivity contribution in [3.05, 3.63) is 52.5 Å². The van der Waals surface area contributed by atoms with Crippen LogP contribution >= 0.6 is 23.2 Å². The molecular weight excluding hydrogens is 311 g/mol. The number of nitrogen functional groups attached to an aromatic ring is 1. The number of nitrogens with two attached hydrogens (primary N) is 1. The highest BCUT2D eigenvalue weighted by Crippen LogP contribution is 2.24. The zero-order valence-electron chi connectivity index (χ0n) is 11.1. The van der Waals surface area contributed by atoms with Crippen LogP contribution in [0.25, 0.3) is 0 Å². The summed E-state index contributed by atoms with van der Waals surface area (Å²) in [6.07, 6.45) is 0.188. The van der Waals surface area contributed by atoms with Crippen LogP contribution in [0, 0.1) is 0 Å². The topological polar surface area (TPSA) is 64.3 Å². The first-order chi connectivity index (χ1) is 10.1. The summed E-state index contributed by atoms with van der Waals surface area (Å²) in [7, 11) is 0. The SMILES string of the molecule is Nc1cc(Cl)ccc1NC(=O)CCOc1ccccc1Cl. The summed E-state index contributed by atoms with van der Waals surface area (Å²) in [4.78, 5) is 11.8. The predicted molar refractivity (Wildman–Crippen MR) is 86.1 cm³/mol. The lowest BCUT2D eigenvalue weighted by atomic mass is 10.2. The number of carbonyl (C=O) groups is 1. The molecule has 0 aliphatic carbocycles. The van der Waals surface area contributed by atoms with E-state index >= 15 is 0 Å². The fourth-order valence-corrected chi connectivity index (χ4v) is 2.05. The van der Waals surface area contributed by atoms with Crippen LogP contribution < -0.4 is 15.8 Å². The molecule has 0 spiro atoms. The van der Waals surface area contributed by atoms with Crippen molar-refractivity contribution in [3.8, 4) is 5.75 Å². The molecule has 4 nitrogen and oxygen atoms in total. The standard InChI is InChI=1S/C15H14Cl2N2O2/c16-10-5-6-13(12(18)9-10)19-15(20)7-8-21-14-4-2-1-3-11(14)17/h1-6,9H,7-8,18H2,(H,19,20). The lowest BCUT2D eigenvalue weighted by Gasteiger charge is -2.10. The van der Waals surface area contributed by atoms with Crippen molar-refractivity contribution in [2.45, 2.75) is 6.42 Å². The number of hydrogen-bond donors (Lipinski definition) is 2. The monoisotopic (exact) mass is 324 g/mol. The number of carbonyl (C=O) groups excluding carboxylic acids is 1. The molecule has 0 unspecified atom stereocenters. The van der Waals surface area contributed by atoms with Gasteiger partial charge in [0.2, 0.25) is 5.91 Å². The van der Waals surface area contributed by atoms with Gasteiger partial charge in [0.05, 0.1) is 29.4 Å². The molecule has 21 heavy (non-hydrogen) atoms. The molecule has 2 aromatic rings. The second-order valence-corrected chi connectivity index (χ2v) is 5.15. The zero-order chi connectivity index (χ0) is 15.2. The summed E-state index contributed by atoms with van der Waals surface area (Å²) in [5, 5.41) is 3.74. The third kappa shape index (κ3) is 4.55. The maximum absolute atomic E-state index is 11.8. The predicted octanol–water partition coefficient (Wildman–Crippen LogP) is 3.98. The van der Waals surface area contributed by atoms with E-state index in [0.29, 0.717) is 27.2 Å². The Balaban J connectivity index is 1.84. The Bertz CT molecular complexity index is 647. The molecule has 0 saturated carbocycles. The van der Waals surface area contributed by atoms with Gasteiger partial charge in [0.25, 0.3) is 0 Å². The fraction of sp³-hybridized carbons (Fsp3) is 0.133. The van der Waals surface area contributed by atoms with Gasteiger partial charge in [-0.15, -0.1) is 0 Å². The normalized spacial score (nSPS) is 10.2. The van der Waals surface area contributed by atoms with Gasteiger partial charge in [-0.1, -0.05) is 35.3 Å². The summed E-state index contributed by atoms with van der Waals surface area (Å²) in [5.41, 5.74) is 6.71. The molecule has 0 aromatic heterocycles. The van der Waals surface area contributed by atoms with Crippen LogP contribution in [0.3, 0.4) is 0 Å². The van der Waals surface area contributed by atoms with E-state index in [0.717, 1.165) is 0 Å². The number of halogens is 2. The molecule has 0 radical (unpaired) electrons. The maximum Gasteiger partial charge on any atom is 0.227 e. The van der Waals surface area contributed by atoms with Gasteiger partial charge in [-0.3, -0.25) is 4.79 Å². The Morgan fingerprint density at radius 1 is 1.19 bits per heavy atom. The first-order valence-electron chi connectivity index (χ1n) is 6.28. The van der Waals surface area contributed by atoms with Crippen LogP contribution in [0.2, 0.25) is 10.0 Å². The minimum atomic E-state index is -0.198. The molecule has 1 amide bonds. The first kappa shape index (κ1) is 15.5. The van der Waals surface area contributed by atoms with E-state index in [1.165, 1.54) is 0 Å². The van der Waals surface area contributed by atoms with Crippen molar-refractivity contribution in [3.63, 3.8) is 0 Å². The van der Waals surface area contributed by atoms with E-state index in [-0.39, 0.29) is 18.9 Å². The van der Waals surface area contributed by atoms with E-state index < -0.39 is 0 Å². The van der Waals surface area contributed by atoms with Crippen LogP contribution in [0.5, 0.6) is 5.75 Å². The van der Waals surface area contributed by atoms with Gasteiger partial charge in [0, 0.05) is 5.02 Å². The van der Waals surface area contributed by atoms with Crippen LogP contribution in [0.15, 0.2) is 42.5 Å². The third-order valence-corrected chi connectivity index (χ3v) is 3.26. The smallest absolute Gasteiger partial charge is 0.227 e. The average Bonchev–Trinajstić information content (AvgIpc) is 2.44. The van der Waals surface area contributed by atoms with Gasteiger partial charge >= 0.3 is 0 Å². The molecule has 0 bridgehead atoms. The van der Waals surface area contributed by atoms with Gasteiger partial charge < -0.3 is 15.8 Å². The van der Waals surface area contributed by atoms with Crippen molar-refractivity contribution in [1.29, 1.82) is 0 Å². The summed E-state index contributed by atoms with van der Waals surface area (Å²) in [5.74, 6) is 0.356. The molecular formula is C15H14Cl2N2O2.